The predicted octanol–water partition coefficient (Wildman–Crippen LogP) is 4.10. The summed E-state index contributed by atoms with van der Waals surface area (Å²) < 4.78 is 0.798. The quantitative estimate of drug-likeness (QED) is 0.341. The van der Waals surface area contributed by atoms with E-state index in [2.05, 4.69) is 31.5 Å². The Morgan fingerprint density at radius 2 is 1.69 bits per heavy atom. The smallest absolute Gasteiger partial charge is 0.250 e. The molecule has 2 saturated heterocycles. The second kappa shape index (κ2) is 7.62. The first-order chi connectivity index (χ1) is 17.5. The van der Waals surface area contributed by atoms with Gasteiger partial charge in [0.05, 0.1) is 17.5 Å². The number of amides is 3. The fourth-order valence-electron chi connectivity index (χ4n) is 6.32. The van der Waals surface area contributed by atoms with E-state index >= 15 is 0 Å². The number of hydrogen-bond donors (Lipinski definition) is 3. The number of nitrogens with one attached hydrogen (secondary N) is 3. The molecule has 1 spiro atoms. The van der Waals surface area contributed by atoms with Crippen LogP contribution in [-0.4, -0.2) is 28.7 Å². The molecule has 7 nitrogen and oxygen atoms in total. The van der Waals surface area contributed by atoms with Crippen LogP contribution >= 0.6 is 15.9 Å². The Labute approximate surface area is 215 Å². The molecule has 3 aliphatic rings. The van der Waals surface area contributed by atoms with E-state index in [0.29, 0.717) is 23.4 Å². The number of H-pyrrole nitrogens is 1. The van der Waals surface area contributed by atoms with Crippen LogP contribution in [0.25, 0.3) is 10.9 Å². The molecule has 1 aromatic heterocycles. The Kier molecular flexibility index (Phi) is 4.56. The van der Waals surface area contributed by atoms with Crippen molar-refractivity contribution in [2.75, 3.05) is 10.2 Å². The fourth-order valence-corrected chi connectivity index (χ4v) is 6.68. The number of imide groups is 1. The summed E-state index contributed by atoms with van der Waals surface area (Å²) in [5, 5.41) is 7.54. The molecule has 4 atom stereocenters. The molecule has 4 aromatic rings. The number of carbonyl (C=O) groups is 3. The summed E-state index contributed by atoms with van der Waals surface area (Å²) in [6.45, 7) is 0. The van der Waals surface area contributed by atoms with Crippen molar-refractivity contribution in [2.24, 2.45) is 11.8 Å². The summed E-state index contributed by atoms with van der Waals surface area (Å²) >= 11 is 3.52. The second-order valence-corrected chi connectivity index (χ2v) is 10.5. The van der Waals surface area contributed by atoms with Crippen LogP contribution in [0.4, 0.5) is 11.4 Å². The number of halogens is 1. The SMILES string of the molecule is O=C1[C@@H]2[C@H](Cc3c[nH]c4ccccc34)N[C@]3(C(=O)Nc4ccc(Br)cc43)[C@@H]2C(=O)N1c1ccccc1. The number of para-hydroxylation sites is 2. The Bertz CT molecular complexity index is 1580. The maximum atomic E-state index is 14.0. The van der Waals surface area contributed by atoms with E-state index in [-0.39, 0.29) is 17.7 Å². The first-order valence-electron chi connectivity index (χ1n) is 11.9. The zero-order valence-electron chi connectivity index (χ0n) is 19.0. The molecule has 8 heteroatoms. The average molecular weight is 541 g/mol. The van der Waals surface area contributed by atoms with Crippen LogP contribution < -0.4 is 15.5 Å². The Hall–Kier alpha value is -3.75. The molecule has 3 amide bonds. The van der Waals surface area contributed by atoms with Gasteiger partial charge in [-0.15, -0.1) is 0 Å². The van der Waals surface area contributed by atoms with E-state index in [0.717, 1.165) is 20.9 Å². The molecule has 3 aromatic carbocycles. The van der Waals surface area contributed by atoms with Crippen molar-refractivity contribution in [3.63, 3.8) is 0 Å². The first kappa shape index (κ1) is 21.5. The summed E-state index contributed by atoms with van der Waals surface area (Å²) in [7, 11) is 0. The summed E-state index contributed by atoms with van der Waals surface area (Å²) in [5.74, 6) is -2.49. The highest BCUT2D eigenvalue weighted by Crippen LogP contribution is 2.54. The zero-order chi connectivity index (χ0) is 24.6. The van der Waals surface area contributed by atoms with Crippen molar-refractivity contribution < 1.29 is 14.4 Å². The van der Waals surface area contributed by atoms with Gasteiger partial charge in [-0.05, 0) is 48.4 Å². The number of anilines is 2. The molecule has 0 aliphatic carbocycles. The highest BCUT2D eigenvalue weighted by atomic mass is 79.9. The van der Waals surface area contributed by atoms with Crippen molar-refractivity contribution in [1.82, 2.24) is 10.3 Å². The summed E-state index contributed by atoms with van der Waals surface area (Å²) in [6.07, 6.45) is 2.44. The molecule has 0 unspecified atom stereocenters. The molecular formula is C28H21BrN4O3. The van der Waals surface area contributed by atoms with Gasteiger partial charge < -0.3 is 10.3 Å². The van der Waals surface area contributed by atoms with Gasteiger partial charge >= 0.3 is 0 Å². The van der Waals surface area contributed by atoms with Crippen molar-refractivity contribution in [3.05, 3.63) is 94.6 Å². The maximum Gasteiger partial charge on any atom is 0.250 e. The van der Waals surface area contributed by atoms with Gasteiger partial charge in [-0.3, -0.25) is 19.7 Å². The number of hydrogen-bond acceptors (Lipinski definition) is 4. The Morgan fingerprint density at radius 3 is 2.53 bits per heavy atom. The summed E-state index contributed by atoms with van der Waals surface area (Å²) in [5.41, 5.74) is 2.57. The molecule has 2 fully saturated rings. The largest absolute Gasteiger partial charge is 0.361 e. The average Bonchev–Trinajstić information content (AvgIpc) is 3.59. The van der Waals surface area contributed by atoms with Gasteiger partial charge in [0.1, 0.15) is 5.54 Å². The highest BCUT2D eigenvalue weighted by Gasteiger charge is 2.70. The minimum atomic E-state index is -1.34. The minimum absolute atomic E-state index is 0.276. The molecule has 4 heterocycles. The molecule has 0 bridgehead atoms. The zero-order valence-corrected chi connectivity index (χ0v) is 20.6. The van der Waals surface area contributed by atoms with Gasteiger partial charge in [-0.25, -0.2) is 4.90 Å². The topological polar surface area (TPSA) is 94.3 Å². The summed E-state index contributed by atoms with van der Waals surface area (Å²) in [6, 6.07) is 22.1. The third kappa shape index (κ3) is 2.79. The number of rotatable bonds is 3. The standard InChI is InChI=1S/C28H21BrN4O3/c29-16-10-11-21-19(13-16)28(27(36)31-21)24-23(25(34)33(26(24)35)17-6-2-1-3-7-17)22(32-28)12-15-14-30-20-9-5-4-8-18(15)20/h1-11,13-14,22-24,30,32H,12H2,(H,31,36)/t22-,23+,24-,28-/m0/s1. The van der Waals surface area contributed by atoms with Crippen LogP contribution in [0.15, 0.2) is 83.5 Å². The van der Waals surface area contributed by atoms with Gasteiger partial charge in [0, 0.05) is 38.9 Å². The van der Waals surface area contributed by atoms with Gasteiger partial charge in [0.25, 0.3) is 0 Å². The molecule has 7 rings (SSSR count). The van der Waals surface area contributed by atoms with Crippen molar-refractivity contribution in [2.45, 2.75) is 18.0 Å². The lowest BCUT2D eigenvalue weighted by Gasteiger charge is -2.29. The second-order valence-electron chi connectivity index (χ2n) is 9.62. The lowest BCUT2D eigenvalue weighted by atomic mass is 9.76. The van der Waals surface area contributed by atoms with Crippen molar-refractivity contribution >= 4 is 55.9 Å². The van der Waals surface area contributed by atoms with Gasteiger partial charge in [-0.1, -0.05) is 52.3 Å². The molecule has 178 valence electrons. The van der Waals surface area contributed by atoms with Crippen LogP contribution in [0, 0.1) is 11.8 Å². The van der Waals surface area contributed by atoms with Crippen molar-refractivity contribution in [3.8, 4) is 0 Å². The molecule has 3 aliphatic heterocycles. The molecule has 36 heavy (non-hydrogen) atoms. The van der Waals surface area contributed by atoms with Crippen LogP contribution in [-0.2, 0) is 26.3 Å². The number of aromatic amines is 1. The number of aromatic nitrogens is 1. The summed E-state index contributed by atoms with van der Waals surface area (Å²) in [4.78, 5) is 46.2. The maximum absolute atomic E-state index is 14.0. The van der Waals surface area contributed by atoms with Crippen LogP contribution in [0.5, 0.6) is 0 Å². The highest BCUT2D eigenvalue weighted by molar-refractivity contribution is 9.10. The number of fused-ring (bicyclic) bond motifs is 5. The molecule has 0 saturated carbocycles. The molecular weight excluding hydrogens is 520 g/mol. The van der Waals surface area contributed by atoms with E-state index in [4.69, 9.17) is 0 Å². The monoisotopic (exact) mass is 540 g/mol. The Morgan fingerprint density at radius 1 is 0.917 bits per heavy atom. The third-order valence-electron chi connectivity index (χ3n) is 7.81. The van der Waals surface area contributed by atoms with E-state index < -0.39 is 23.4 Å². The molecule has 0 radical (unpaired) electrons. The Balaban J connectivity index is 1.39. The predicted molar refractivity (Wildman–Crippen MR) is 139 cm³/mol. The van der Waals surface area contributed by atoms with E-state index in [1.807, 2.05) is 54.7 Å². The lowest BCUT2D eigenvalue weighted by Crippen LogP contribution is -2.53. The molecule has 3 N–H and O–H groups in total. The third-order valence-corrected chi connectivity index (χ3v) is 8.30. The minimum Gasteiger partial charge on any atom is -0.361 e. The first-order valence-corrected chi connectivity index (χ1v) is 12.7. The van der Waals surface area contributed by atoms with Gasteiger partial charge in [-0.2, -0.15) is 0 Å². The van der Waals surface area contributed by atoms with Crippen molar-refractivity contribution in [1.29, 1.82) is 0 Å². The lowest BCUT2D eigenvalue weighted by molar-refractivity contribution is -0.130. The number of carbonyl (C=O) groups excluding carboxylic acids is 3. The van der Waals surface area contributed by atoms with E-state index in [1.165, 1.54) is 4.90 Å². The van der Waals surface area contributed by atoms with Gasteiger partial charge in [0.15, 0.2) is 0 Å². The number of benzene rings is 3. The van der Waals surface area contributed by atoms with Gasteiger partial charge in [0.2, 0.25) is 17.7 Å². The van der Waals surface area contributed by atoms with Crippen LogP contribution in [0.3, 0.4) is 0 Å². The number of nitrogens with zero attached hydrogens (tertiary/aromatic N) is 1. The van der Waals surface area contributed by atoms with E-state index in [1.54, 1.807) is 24.3 Å². The fraction of sp³-hybridized carbons (Fsp3) is 0.179. The normalized spacial score (nSPS) is 26.6. The van der Waals surface area contributed by atoms with Crippen LogP contribution in [0.2, 0.25) is 0 Å². The van der Waals surface area contributed by atoms with E-state index in [9.17, 15) is 14.4 Å². The van der Waals surface area contributed by atoms with Crippen LogP contribution in [0.1, 0.15) is 11.1 Å².